The molecular weight excluding hydrogens is 279 g/mol. The summed E-state index contributed by atoms with van der Waals surface area (Å²) in [6.45, 7) is 9.41. The SMILES string of the molecule is CC(C)CP(CC(C)C)c1ccsc1-c1ccccc1. The number of hydrogen-bond donors (Lipinski definition) is 0. The maximum Gasteiger partial charge on any atom is 0.0419 e. The molecular formula is C18H25PS. The third kappa shape index (κ3) is 4.17. The summed E-state index contributed by atoms with van der Waals surface area (Å²) in [5, 5.41) is 3.90. The van der Waals surface area contributed by atoms with Crippen LogP contribution in [0.3, 0.4) is 0 Å². The van der Waals surface area contributed by atoms with Crippen LogP contribution in [-0.4, -0.2) is 12.3 Å². The van der Waals surface area contributed by atoms with E-state index < -0.39 is 0 Å². The molecule has 0 aliphatic rings. The zero-order valence-corrected chi connectivity index (χ0v) is 14.7. The minimum absolute atomic E-state index is 0.0316. The first-order valence-electron chi connectivity index (χ1n) is 7.45. The highest BCUT2D eigenvalue weighted by molar-refractivity contribution is 7.66. The molecule has 0 atom stereocenters. The maximum absolute atomic E-state index is 2.38. The van der Waals surface area contributed by atoms with Crippen molar-refractivity contribution in [3.05, 3.63) is 41.8 Å². The topological polar surface area (TPSA) is 0 Å². The fourth-order valence-corrected chi connectivity index (χ4v) is 6.96. The van der Waals surface area contributed by atoms with E-state index in [0.29, 0.717) is 0 Å². The second kappa shape index (κ2) is 7.38. The second-order valence-corrected chi connectivity index (χ2v) is 9.40. The summed E-state index contributed by atoms with van der Waals surface area (Å²) in [5.74, 6) is 1.56. The normalized spacial score (nSPS) is 11.8. The van der Waals surface area contributed by atoms with Crippen molar-refractivity contribution in [2.45, 2.75) is 27.7 Å². The van der Waals surface area contributed by atoms with Gasteiger partial charge in [0.05, 0.1) is 0 Å². The van der Waals surface area contributed by atoms with Gasteiger partial charge in [0.15, 0.2) is 0 Å². The van der Waals surface area contributed by atoms with Gasteiger partial charge in [0.2, 0.25) is 0 Å². The Hall–Kier alpha value is -0.650. The fourth-order valence-electron chi connectivity index (χ4n) is 2.51. The summed E-state index contributed by atoms with van der Waals surface area (Å²) in [7, 11) is -0.0316. The van der Waals surface area contributed by atoms with Gasteiger partial charge in [-0.25, -0.2) is 0 Å². The van der Waals surface area contributed by atoms with Crippen molar-refractivity contribution in [2.75, 3.05) is 12.3 Å². The Bertz CT molecular complexity index is 503. The van der Waals surface area contributed by atoms with Crippen molar-refractivity contribution in [3.8, 4) is 10.4 Å². The number of thiophene rings is 1. The van der Waals surface area contributed by atoms with Crippen LogP contribution in [0.4, 0.5) is 0 Å². The van der Waals surface area contributed by atoms with E-state index in [9.17, 15) is 0 Å². The lowest BCUT2D eigenvalue weighted by Crippen LogP contribution is -2.12. The Kier molecular flexibility index (Phi) is 5.81. The van der Waals surface area contributed by atoms with Crippen molar-refractivity contribution in [2.24, 2.45) is 11.8 Å². The Morgan fingerprint density at radius 2 is 1.50 bits per heavy atom. The molecule has 0 aliphatic heterocycles. The first-order chi connectivity index (χ1) is 9.58. The lowest BCUT2D eigenvalue weighted by atomic mass is 10.2. The molecule has 0 nitrogen and oxygen atoms in total. The lowest BCUT2D eigenvalue weighted by Gasteiger charge is -2.22. The van der Waals surface area contributed by atoms with Crippen LogP contribution in [0.5, 0.6) is 0 Å². The maximum atomic E-state index is 2.38. The Morgan fingerprint density at radius 3 is 2.05 bits per heavy atom. The van der Waals surface area contributed by atoms with E-state index in [2.05, 4.69) is 69.5 Å². The van der Waals surface area contributed by atoms with E-state index >= 15 is 0 Å². The zero-order chi connectivity index (χ0) is 14.5. The summed E-state index contributed by atoms with van der Waals surface area (Å²) in [6.07, 6.45) is 2.70. The standard InChI is InChI=1S/C18H25PS/c1-14(2)12-19(13-15(3)4)17-10-11-20-18(17)16-8-6-5-7-9-16/h5-11,14-15H,12-13H2,1-4H3. The van der Waals surface area contributed by atoms with E-state index in [-0.39, 0.29) is 7.92 Å². The largest absolute Gasteiger partial charge is 0.143 e. The highest BCUT2D eigenvalue weighted by Gasteiger charge is 2.19. The van der Waals surface area contributed by atoms with Gasteiger partial charge in [0.25, 0.3) is 0 Å². The Labute approximate surface area is 129 Å². The predicted molar refractivity (Wildman–Crippen MR) is 95.7 cm³/mol. The molecule has 0 aliphatic carbocycles. The molecule has 1 aromatic heterocycles. The lowest BCUT2D eigenvalue weighted by molar-refractivity contribution is 0.721. The molecule has 0 fully saturated rings. The Balaban J connectivity index is 2.32. The summed E-state index contributed by atoms with van der Waals surface area (Å²) >= 11 is 1.90. The number of benzene rings is 1. The average molecular weight is 304 g/mol. The van der Waals surface area contributed by atoms with Crippen LogP contribution in [0.15, 0.2) is 41.8 Å². The molecule has 0 N–H and O–H groups in total. The van der Waals surface area contributed by atoms with Crippen LogP contribution < -0.4 is 5.30 Å². The van der Waals surface area contributed by atoms with Gasteiger partial charge in [-0.3, -0.25) is 0 Å². The van der Waals surface area contributed by atoms with E-state index in [1.807, 2.05) is 11.3 Å². The molecule has 2 rings (SSSR count). The van der Waals surface area contributed by atoms with Crippen molar-refractivity contribution in [3.63, 3.8) is 0 Å². The average Bonchev–Trinajstić information content (AvgIpc) is 2.87. The van der Waals surface area contributed by atoms with Crippen LogP contribution in [0.25, 0.3) is 10.4 Å². The van der Waals surface area contributed by atoms with Gasteiger partial charge in [-0.1, -0.05) is 65.9 Å². The quantitative estimate of drug-likeness (QED) is 0.589. The summed E-state index contributed by atoms with van der Waals surface area (Å²) in [5.41, 5.74) is 1.39. The molecule has 2 aromatic rings. The van der Waals surface area contributed by atoms with Crippen LogP contribution in [-0.2, 0) is 0 Å². The van der Waals surface area contributed by atoms with E-state index in [1.165, 1.54) is 22.8 Å². The molecule has 20 heavy (non-hydrogen) atoms. The smallest absolute Gasteiger partial charge is 0.0419 e. The predicted octanol–water partition coefficient (Wildman–Crippen LogP) is 5.83. The van der Waals surface area contributed by atoms with Gasteiger partial charge in [-0.15, -0.1) is 11.3 Å². The van der Waals surface area contributed by atoms with Gasteiger partial charge >= 0.3 is 0 Å². The first-order valence-corrected chi connectivity index (χ1v) is 10.0. The van der Waals surface area contributed by atoms with E-state index in [1.54, 1.807) is 5.30 Å². The molecule has 0 saturated carbocycles. The van der Waals surface area contributed by atoms with E-state index in [4.69, 9.17) is 0 Å². The molecule has 0 saturated heterocycles. The molecule has 0 bridgehead atoms. The summed E-state index contributed by atoms with van der Waals surface area (Å²) in [4.78, 5) is 1.50. The van der Waals surface area contributed by atoms with Crippen molar-refractivity contribution in [1.29, 1.82) is 0 Å². The molecule has 0 amide bonds. The summed E-state index contributed by atoms with van der Waals surface area (Å²) in [6, 6.07) is 13.3. The molecule has 2 heteroatoms. The van der Waals surface area contributed by atoms with Gasteiger partial charge < -0.3 is 0 Å². The van der Waals surface area contributed by atoms with Crippen molar-refractivity contribution in [1.82, 2.24) is 0 Å². The van der Waals surface area contributed by atoms with Gasteiger partial charge in [0.1, 0.15) is 0 Å². The monoisotopic (exact) mass is 304 g/mol. The third-order valence-electron chi connectivity index (χ3n) is 3.19. The van der Waals surface area contributed by atoms with Crippen molar-refractivity contribution < 1.29 is 0 Å². The molecule has 0 radical (unpaired) electrons. The van der Waals surface area contributed by atoms with Gasteiger partial charge in [-0.05, 0) is 46.5 Å². The molecule has 108 valence electrons. The van der Waals surface area contributed by atoms with Gasteiger partial charge in [0, 0.05) is 4.88 Å². The zero-order valence-electron chi connectivity index (χ0n) is 13.0. The van der Waals surface area contributed by atoms with Gasteiger partial charge in [-0.2, -0.15) is 0 Å². The first kappa shape index (κ1) is 15.7. The fraction of sp³-hybridized carbons (Fsp3) is 0.444. The highest BCUT2D eigenvalue weighted by atomic mass is 32.1. The van der Waals surface area contributed by atoms with E-state index in [0.717, 1.165) is 11.8 Å². The molecule has 1 aromatic carbocycles. The highest BCUT2D eigenvalue weighted by Crippen LogP contribution is 2.43. The van der Waals surface area contributed by atoms with Crippen molar-refractivity contribution >= 4 is 24.6 Å². The minimum atomic E-state index is -0.0316. The van der Waals surface area contributed by atoms with Crippen LogP contribution in [0.1, 0.15) is 27.7 Å². The number of rotatable bonds is 6. The minimum Gasteiger partial charge on any atom is -0.143 e. The van der Waals surface area contributed by atoms with Crippen LogP contribution in [0.2, 0.25) is 0 Å². The third-order valence-corrected chi connectivity index (χ3v) is 7.70. The molecule has 1 heterocycles. The summed E-state index contributed by atoms with van der Waals surface area (Å²) < 4.78 is 0. The molecule has 0 unspecified atom stereocenters. The number of hydrogen-bond acceptors (Lipinski definition) is 1. The second-order valence-electron chi connectivity index (χ2n) is 6.19. The van der Waals surface area contributed by atoms with Crippen LogP contribution >= 0.6 is 19.3 Å². The molecule has 0 spiro atoms. The Morgan fingerprint density at radius 1 is 0.900 bits per heavy atom. The van der Waals surface area contributed by atoms with Crippen LogP contribution in [0, 0.1) is 11.8 Å².